The molecular formula is C23H27FN2O3. The molecule has 1 aliphatic carbocycles. The van der Waals surface area contributed by atoms with Crippen molar-refractivity contribution in [3.63, 3.8) is 0 Å². The number of hydrogen-bond donors (Lipinski definition) is 1. The van der Waals surface area contributed by atoms with Crippen LogP contribution in [0.2, 0.25) is 0 Å². The maximum Gasteiger partial charge on any atom is 0.129 e. The molecule has 1 saturated carbocycles. The van der Waals surface area contributed by atoms with Gasteiger partial charge in [0.15, 0.2) is 0 Å². The SMILES string of the molecule is OC(COCc1ccco1)CN(Cc1cccn1Cc1cccc(F)c1)C1CC1. The minimum absolute atomic E-state index is 0.214. The third kappa shape index (κ3) is 5.79. The number of nitrogens with zero attached hydrogens (tertiary/aromatic N) is 2. The Hall–Kier alpha value is -2.41. The van der Waals surface area contributed by atoms with Crippen molar-refractivity contribution in [3.8, 4) is 0 Å². The maximum atomic E-state index is 13.5. The molecule has 0 amide bonds. The molecule has 1 unspecified atom stereocenters. The normalized spacial score (nSPS) is 15.1. The van der Waals surface area contributed by atoms with Crippen LogP contribution in [0.25, 0.3) is 0 Å². The van der Waals surface area contributed by atoms with Gasteiger partial charge in [-0.15, -0.1) is 0 Å². The topological polar surface area (TPSA) is 50.8 Å². The molecule has 2 heterocycles. The van der Waals surface area contributed by atoms with Crippen LogP contribution in [0.4, 0.5) is 4.39 Å². The Balaban J connectivity index is 1.32. The predicted molar refractivity (Wildman–Crippen MR) is 108 cm³/mol. The minimum atomic E-state index is -0.558. The van der Waals surface area contributed by atoms with E-state index >= 15 is 0 Å². The molecule has 1 aromatic carbocycles. The van der Waals surface area contributed by atoms with Gasteiger partial charge in [-0.2, -0.15) is 0 Å². The van der Waals surface area contributed by atoms with E-state index in [0.717, 1.165) is 36.4 Å². The van der Waals surface area contributed by atoms with E-state index < -0.39 is 6.10 Å². The van der Waals surface area contributed by atoms with Crippen molar-refractivity contribution in [1.29, 1.82) is 0 Å². The van der Waals surface area contributed by atoms with Crippen molar-refractivity contribution < 1.29 is 18.7 Å². The third-order valence-corrected chi connectivity index (χ3v) is 5.17. The van der Waals surface area contributed by atoms with Gasteiger partial charge in [0.2, 0.25) is 0 Å². The summed E-state index contributed by atoms with van der Waals surface area (Å²) in [6.45, 7) is 2.59. The summed E-state index contributed by atoms with van der Waals surface area (Å²) in [7, 11) is 0. The summed E-state index contributed by atoms with van der Waals surface area (Å²) in [5.41, 5.74) is 2.09. The van der Waals surface area contributed by atoms with E-state index in [1.807, 2.05) is 30.5 Å². The first-order valence-electron chi connectivity index (χ1n) is 10.1. The first-order valence-corrected chi connectivity index (χ1v) is 10.1. The number of aliphatic hydroxyl groups excluding tert-OH is 1. The maximum absolute atomic E-state index is 13.5. The fourth-order valence-corrected chi connectivity index (χ4v) is 3.58. The zero-order chi connectivity index (χ0) is 20.1. The number of aliphatic hydroxyl groups is 1. The Labute approximate surface area is 170 Å². The summed E-state index contributed by atoms with van der Waals surface area (Å²) in [6.07, 6.45) is 5.39. The van der Waals surface area contributed by atoms with E-state index in [9.17, 15) is 9.50 Å². The molecule has 0 bridgehead atoms. The van der Waals surface area contributed by atoms with Crippen LogP contribution in [0.15, 0.2) is 65.4 Å². The lowest BCUT2D eigenvalue weighted by Gasteiger charge is -2.25. The van der Waals surface area contributed by atoms with Crippen LogP contribution in [0.1, 0.15) is 29.9 Å². The first kappa shape index (κ1) is 19.9. The van der Waals surface area contributed by atoms with Gasteiger partial charge in [-0.3, -0.25) is 4.90 Å². The number of hydrogen-bond acceptors (Lipinski definition) is 4. The molecule has 5 nitrogen and oxygen atoms in total. The lowest BCUT2D eigenvalue weighted by atomic mass is 10.2. The highest BCUT2D eigenvalue weighted by molar-refractivity contribution is 5.19. The number of benzene rings is 1. The Morgan fingerprint density at radius 2 is 2.10 bits per heavy atom. The number of ether oxygens (including phenoxy) is 1. The van der Waals surface area contributed by atoms with Gasteiger partial charge in [0.05, 0.1) is 19.0 Å². The Morgan fingerprint density at radius 3 is 2.86 bits per heavy atom. The zero-order valence-corrected chi connectivity index (χ0v) is 16.4. The Morgan fingerprint density at radius 1 is 1.21 bits per heavy atom. The Kier molecular flexibility index (Phi) is 6.44. The van der Waals surface area contributed by atoms with Crippen LogP contribution in [-0.4, -0.2) is 39.9 Å². The van der Waals surface area contributed by atoms with Gasteiger partial charge >= 0.3 is 0 Å². The molecule has 4 rings (SSSR count). The fourth-order valence-electron chi connectivity index (χ4n) is 3.58. The summed E-state index contributed by atoms with van der Waals surface area (Å²) in [6, 6.07) is 15.0. The average molecular weight is 398 g/mol. The molecule has 0 saturated heterocycles. The first-order chi connectivity index (χ1) is 14.2. The fraction of sp³-hybridized carbons (Fsp3) is 0.391. The molecule has 1 N–H and O–H groups in total. The quantitative estimate of drug-likeness (QED) is 0.534. The molecular weight excluding hydrogens is 371 g/mol. The van der Waals surface area contributed by atoms with E-state index in [2.05, 4.69) is 15.5 Å². The van der Waals surface area contributed by atoms with Crippen LogP contribution in [-0.2, 0) is 24.4 Å². The smallest absolute Gasteiger partial charge is 0.129 e. The van der Waals surface area contributed by atoms with Gasteiger partial charge < -0.3 is 18.8 Å². The molecule has 3 aromatic rings. The van der Waals surface area contributed by atoms with Crippen LogP contribution >= 0.6 is 0 Å². The third-order valence-electron chi connectivity index (χ3n) is 5.17. The highest BCUT2D eigenvalue weighted by Gasteiger charge is 2.30. The number of aromatic nitrogens is 1. The van der Waals surface area contributed by atoms with Crippen molar-refractivity contribution in [2.75, 3.05) is 13.2 Å². The summed E-state index contributed by atoms with van der Waals surface area (Å²) in [5.74, 6) is 0.542. The second kappa shape index (κ2) is 9.39. The monoisotopic (exact) mass is 398 g/mol. The van der Waals surface area contributed by atoms with Crippen molar-refractivity contribution in [1.82, 2.24) is 9.47 Å². The van der Waals surface area contributed by atoms with Gasteiger partial charge in [0.25, 0.3) is 0 Å². The summed E-state index contributed by atoms with van der Waals surface area (Å²) in [4.78, 5) is 2.32. The van der Waals surface area contributed by atoms with Gasteiger partial charge in [-0.05, 0) is 54.8 Å². The van der Waals surface area contributed by atoms with Crippen LogP contribution in [0.3, 0.4) is 0 Å². The molecule has 6 heteroatoms. The van der Waals surface area contributed by atoms with E-state index in [0.29, 0.717) is 25.7 Å². The number of halogens is 1. The summed E-state index contributed by atoms with van der Waals surface area (Å²) >= 11 is 0. The van der Waals surface area contributed by atoms with Crippen molar-refractivity contribution in [3.05, 3.63) is 83.8 Å². The molecule has 0 aliphatic heterocycles. The second-order valence-corrected chi connectivity index (χ2v) is 7.67. The summed E-state index contributed by atoms with van der Waals surface area (Å²) < 4.78 is 26.5. The molecule has 154 valence electrons. The van der Waals surface area contributed by atoms with Crippen LogP contribution in [0.5, 0.6) is 0 Å². The van der Waals surface area contributed by atoms with Gasteiger partial charge in [-0.1, -0.05) is 12.1 Å². The molecule has 1 atom stereocenters. The highest BCUT2D eigenvalue weighted by Crippen LogP contribution is 2.28. The number of rotatable bonds is 11. The molecule has 1 aliphatic rings. The largest absolute Gasteiger partial charge is 0.467 e. The number of furan rings is 1. The molecule has 2 aromatic heterocycles. The van der Waals surface area contributed by atoms with E-state index in [1.165, 1.54) is 6.07 Å². The van der Waals surface area contributed by atoms with Crippen LogP contribution < -0.4 is 0 Å². The minimum Gasteiger partial charge on any atom is -0.467 e. The van der Waals surface area contributed by atoms with Crippen LogP contribution in [0, 0.1) is 5.82 Å². The van der Waals surface area contributed by atoms with Gasteiger partial charge in [0.1, 0.15) is 18.2 Å². The molecule has 29 heavy (non-hydrogen) atoms. The standard InChI is InChI=1S/C23H27FN2O3/c24-19-5-1-4-18(12-19)13-25-10-2-6-21(25)14-26(20-8-9-20)15-22(27)16-28-17-23-7-3-11-29-23/h1-7,10-12,20,22,27H,8-9,13-17H2. The summed E-state index contributed by atoms with van der Waals surface area (Å²) in [5, 5.41) is 10.4. The lowest BCUT2D eigenvalue weighted by Crippen LogP contribution is -2.36. The zero-order valence-electron chi connectivity index (χ0n) is 16.4. The molecule has 0 spiro atoms. The second-order valence-electron chi connectivity index (χ2n) is 7.67. The Bertz CT molecular complexity index is 889. The van der Waals surface area contributed by atoms with E-state index in [1.54, 1.807) is 18.4 Å². The van der Waals surface area contributed by atoms with Gasteiger partial charge in [-0.25, -0.2) is 4.39 Å². The van der Waals surface area contributed by atoms with E-state index in [-0.39, 0.29) is 12.4 Å². The highest BCUT2D eigenvalue weighted by atomic mass is 19.1. The van der Waals surface area contributed by atoms with Crippen molar-refractivity contribution >= 4 is 0 Å². The lowest BCUT2D eigenvalue weighted by molar-refractivity contribution is 0.00216. The molecule has 0 radical (unpaired) electrons. The van der Waals surface area contributed by atoms with E-state index in [4.69, 9.17) is 9.15 Å². The predicted octanol–water partition coefficient (Wildman–Crippen LogP) is 3.81. The average Bonchev–Trinajstić information content (AvgIpc) is 3.25. The molecule has 1 fully saturated rings. The van der Waals surface area contributed by atoms with Crippen molar-refractivity contribution in [2.45, 2.75) is 44.7 Å². The van der Waals surface area contributed by atoms with Crippen molar-refractivity contribution in [2.24, 2.45) is 0 Å². The van der Waals surface area contributed by atoms with Gasteiger partial charge in [0, 0.05) is 37.6 Å².